The van der Waals surface area contributed by atoms with Gasteiger partial charge in [-0.1, -0.05) is 13.8 Å². The number of aliphatic hydroxyl groups is 1. The van der Waals surface area contributed by atoms with Gasteiger partial charge in [0.25, 0.3) is 0 Å². The van der Waals surface area contributed by atoms with E-state index in [1.165, 1.54) is 0 Å². The van der Waals surface area contributed by atoms with Crippen molar-refractivity contribution >= 4 is 5.91 Å². The van der Waals surface area contributed by atoms with E-state index >= 15 is 0 Å². The number of carbonyl (C=O) groups is 1. The first-order valence-corrected chi connectivity index (χ1v) is 5.70. The van der Waals surface area contributed by atoms with Crippen molar-refractivity contribution < 1.29 is 9.90 Å². The van der Waals surface area contributed by atoms with Gasteiger partial charge in [-0.15, -0.1) is 0 Å². The molecule has 0 aliphatic rings. The van der Waals surface area contributed by atoms with E-state index in [-0.39, 0.29) is 12.0 Å². The number of amides is 1. The normalized spacial score (nSPS) is 12.9. The van der Waals surface area contributed by atoms with Crippen molar-refractivity contribution in [3.63, 3.8) is 0 Å². The summed E-state index contributed by atoms with van der Waals surface area (Å²) in [5.41, 5.74) is 0. The Hall–Kier alpha value is -0.610. The third-order valence-electron chi connectivity index (χ3n) is 2.03. The van der Waals surface area contributed by atoms with E-state index in [2.05, 4.69) is 24.5 Å². The quantitative estimate of drug-likeness (QED) is 0.522. The maximum Gasteiger partial charge on any atom is 0.221 e. The average Bonchev–Trinajstić information content (AvgIpc) is 2.11. The number of nitrogens with one attached hydrogen (secondary N) is 2. The topological polar surface area (TPSA) is 61.4 Å². The van der Waals surface area contributed by atoms with Crippen molar-refractivity contribution in [3.05, 3.63) is 0 Å². The van der Waals surface area contributed by atoms with Gasteiger partial charge in [-0.3, -0.25) is 4.79 Å². The first-order valence-electron chi connectivity index (χ1n) is 5.70. The van der Waals surface area contributed by atoms with E-state index in [1.54, 1.807) is 6.92 Å². The lowest BCUT2D eigenvalue weighted by Crippen LogP contribution is -2.31. The summed E-state index contributed by atoms with van der Waals surface area (Å²) in [6.45, 7) is 7.25. The Morgan fingerprint density at radius 2 is 1.93 bits per heavy atom. The van der Waals surface area contributed by atoms with Gasteiger partial charge < -0.3 is 15.7 Å². The monoisotopic (exact) mass is 216 g/mol. The predicted octanol–water partition coefficient (Wildman–Crippen LogP) is 0.652. The minimum Gasteiger partial charge on any atom is -0.393 e. The molecule has 4 nitrogen and oxygen atoms in total. The van der Waals surface area contributed by atoms with Crippen LogP contribution in [-0.4, -0.2) is 36.2 Å². The van der Waals surface area contributed by atoms with E-state index in [9.17, 15) is 4.79 Å². The fourth-order valence-electron chi connectivity index (χ4n) is 1.19. The molecular formula is C11H24N2O2. The van der Waals surface area contributed by atoms with E-state index in [4.69, 9.17) is 5.11 Å². The molecule has 0 aliphatic carbocycles. The number of aliphatic hydroxyl groups excluding tert-OH is 1. The molecule has 1 unspecified atom stereocenters. The summed E-state index contributed by atoms with van der Waals surface area (Å²) in [5.74, 6) is 0.0775. The summed E-state index contributed by atoms with van der Waals surface area (Å²) >= 11 is 0. The van der Waals surface area contributed by atoms with Crippen molar-refractivity contribution in [2.45, 2.75) is 52.2 Å². The number of hydrogen-bond acceptors (Lipinski definition) is 3. The Morgan fingerprint density at radius 1 is 1.27 bits per heavy atom. The zero-order valence-electron chi connectivity index (χ0n) is 10.0. The highest BCUT2D eigenvalue weighted by Gasteiger charge is 2.01. The van der Waals surface area contributed by atoms with Gasteiger partial charge in [-0.05, 0) is 19.8 Å². The summed E-state index contributed by atoms with van der Waals surface area (Å²) in [4.78, 5) is 11.3. The van der Waals surface area contributed by atoms with Crippen molar-refractivity contribution in [2.75, 3.05) is 13.1 Å². The first kappa shape index (κ1) is 14.4. The van der Waals surface area contributed by atoms with Crippen molar-refractivity contribution in [1.29, 1.82) is 0 Å². The molecule has 0 radical (unpaired) electrons. The predicted molar refractivity (Wildman–Crippen MR) is 61.7 cm³/mol. The highest BCUT2D eigenvalue weighted by atomic mass is 16.3. The Kier molecular flexibility index (Phi) is 8.33. The van der Waals surface area contributed by atoms with Crippen LogP contribution in [-0.2, 0) is 4.79 Å². The number of hydrogen-bond donors (Lipinski definition) is 3. The molecule has 0 heterocycles. The molecule has 3 N–H and O–H groups in total. The molecule has 1 atom stereocenters. The van der Waals surface area contributed by atoms with Gasteiger partial charge in [-0.2, -0.15) is 0 Å². The van der Waals surface area contributed by atoms with Crippen molar-refractivity contribution in [3.8, 4) is 0 Å². The average molecular weight is 216 g/mol. The van der Waals surface area contributed by atoms with Crippen LogP contribution in [0.2, 0.25) is 0 Å². The molecule has 90 valence electrons. The van der Waals surface area contributed by atoms with E-state index in [0.29, 0.717) is 19.0 Å². The third-order valence-corrected chi connectivity index (χ3v) is 2.03. The fraction of sp³-hybridized carbons (Fsp3) is 0.909. The van der Waals surface area contributed by atoms with Gasteiger partial charge in [0.2, 0.25) is 5.91 Å². The highest BCUT2D eigenvalue weighted by Crippen LogP contribution is 1.93. The summed E-state index contributed by atoms with van der Waals surface area (Å²) in [7, 11) is 0. The maximum absolute atomic E-state index is 11.3. The van der Waals surface area contributed by atoms with Crippen LogP contribution in [0, 0.1) is 0 Å². The second-order valence-electron chi connectivity index (χ2n) is 4.20. The Morgan fingerprint density at radius 3 is 2.47 bits per heavy atom. The summed E-state index contributed by atoms with van der Waals surface area (Å²) in [6.07, 6.45) is 1.82. The summed E-state index contributed by atoms with van der Waals surface area (Å²) in [6, 6.07) is 0.424. The molecule has 0 aliphatic heterocycles. The summed E-state index contributed by atoms with van der Waals surface area (Å²) in [5, 5.41) is 15.0. The minimum atomic E-state index is -0.274. The maximum atomic E-state index is 11.3. The van der Waals surface area contributed by atoms with E-state index in [0.717, 1.165) is 19.4 Å². The van der Waals surface area contributed by atoms with Gasteiger partial charge >= 0.3 is 0 Å². The lowest BCUT2D eigenvalue weighted by molar-refractivity contribution is -0.121. The Labute approximate surface area is 92.4 Å². The Balaban J connectivity index is 3.26. The zero-order chi connectivity index (χ0) is 11.7. The molecule has 0 fully saturated rings. The second-order valence-corrected chi connectivity index (χ2v) is 4.20. The van der Waals surface area contributed by atoms with Crippen LogP contribution >= 0.6 is 0 Å². The third kappa shape index (κ3) is 11.3. The van der Waals surface area contributed by atoms with Gasteiger partial charge in [-0.25, -0.2) is 0 Å². The Bertz CT molecular complexity index is 170. The largest absolute Gasteiger partial charge is 0.393 e. The smallest absolute Gasteiger partial charge is 0.221 e. The van der Waals surface area contributed by atoms with Gasteiger partial charge in [0.1, 0.15) is 0 Å². The molecular weight excluding hydrogens is 192 g/mol. The SMILES string of the molecule is CC(O)CCCNC(=O)CCNC(C)C. The molecule has 15 heavy (non-hydrogen) atoms. The molecule has 0 aromatic heterocycles. The summed E-state index contributed by atoms with van der Waals surface area (Å²) < 4.78 is 0. The van der Waals surface area contributed by atoms with Gasteiger partial charge in [0.15, 0.2) is 0 Å². The van der Waals surface area contributed by atoms with Gasteiger partial charge in [0, 0.05) is 25.6 Å². The molecule has 4 heteroatoms. The van der Waals surface area contributed by atoms with Crippen LogP contribution in [0.5, 0.6) is 0 Å². The fourth-order valence-corrected chi connectivity index (χ4v) is 1.19. The molecule has 1 amide bonds. The molecule has 0 spiro atoms. The number of rotatable bonds is 8. The van der Waals surface area contributed by atoms with Crippen LogP contribution in [0.25, 0.3) is 0 Å². The number of carbonyl (C=O) groups excluding carboxylic acids is 1. The van der Waals surface area contributed by atoms with Crippen LogP contribution in [0.3, 0.4) is 0 Å². The molecule has 0 aromatic rings. The van der Waals surface area contributed by atoms with Crippen LogP contribution in [0.4, 0.5) is 0 Å². The van der Waals surface area contributed by atoms with Crippen LogP contribution in [0.1, 0.15) is 40.0 Å². The minimum absolute atomic E-state index is 0.0775. The highest BCUT2D eigenvalue weighted by molar-refractivity contribution is 5.75. The lowest BCUT2D eigenvalue weighted by Gasteiger charge is -2.08. The molecule has 0 saturated carbocycles. The standard InChI is InChI=1S/C11H24N2O2/c1-9(2)12-8-6-11(15)13-7-4-5-10(3)14/h9-10,12,14H,4-8H2,1-3H3,(H,13,15). The molecule has 0 saturated heterocycles. The van der Waals surface area contributed by atoms with Crippen LogP contribution < -0.4 is 10.6 Å². The van der Waals surface area contributed by atoms with Gasteiger partial charge in [0.05, 0.1) is 6.10 Å². The van der Waals surface area contributed by atoms with Crippen molar-refractivity contribution in [1.82, 2.24) is 10.6 Å². The van der Waals surface area contributed by atoms with E-state index < -0.39 is 0 Å². The first-order chi connectivity index (χ1) is 7.02. The van der Waals surface area contributed by atoms with E-state index in [1.807, 2.05) is 0 Å². The van der Waals surface area contributed by atoms with Crippen molar-refractivity contribution in [2.24, 2.45) is 0 Å². The molecule has 0 bridgehead atoms. The lowest BCUT2D eigenvalue weighted by atomic mass is 10.2. The molecule has 0 aromatic carbocycles. The molecule has 0 rings (SSSR count). The van der Waals surface area contributed by atoms with Crippen LogP contribution in [0.15, 0.2) is 0 Å². The zero-order valence-corrected chi connectivity index (χ0v) is 10.0. The second kappa shape index (κ2) is 8.68.